The molecule has 32 heavy (non-hydrogen) atoms. The van der Waals surface area contributed by atoms with Crippen molar-refractivity contribution in [2.75, 3.05) is 26.2 Å². The minimum absolute atomic E-state index is 0.176. The summed E-state index contributed by atoms with van der Waals surface area (Å²) in [6, 6.07) is 13.6. The fourth-order valence-corrected chi connectivity index (χ4v) is 4.40. The molecule has 1 N–H and O–H groups in total. The van der Waals surface area contributed by atoms with Crippen molar-refractivity contribution >= 4 is 10.9 Å². The van der Waals surface area contributed by atoms with Gasteiger partial charge in [0.2, 0.25) is 0 Å². The van der Waals surface area contributed by atoms with Crippen molar-refractivity contribution < 1.29 is 9.84 Å². The summed E-state index contributed by atoms with van der Waals surface area (Å²) in [6.45, 7) is 7.79. The normalized spacial score (nSPS) is 14.6. The number of rotatable bonds is 6. The van der Waals surface area contributed by atoms with E-state index < -0.39 is 0 Å². The largest absolute Gasteiger partial charge is 0.507 e. The number of ether oxygens (including phenoxy) is 1. The Kier molecular flexibility index (Phi) is 5.27. The van der Waals surface area contributed by atoms with Crippen LogP contribution < -0.4 is 4.74 Å². The highest BCUT2D eigenvalue weighted by molar-refractivity contribution is 5.94. The molecule has 7 nitrogen and oxygen atoms in total. The van der Waals surface area contributed by atoms with Crippen LogP contribution in [0.15, 0.2) is 48.7 Å². The number of phenols is 1. The van der Waals surface area contributed by atoms with Gasteiger partial charge in [0.15, 0.2) is 0 Å². The van der Waals surface area contributed by atoms with Gasteiger partial charge in [-0.15, -0.1) is 0 Å². The Balaban J connectivity index is 1.57. The van der Waals surface area contributed by atoms with Gasteiger partial charge < -0.3 is 14.7 Å². The molecule has 1 aliphatic heterocycles. The summed E-state index contributed by atoms with van der Waals surface area (Å²) in [5, 5.41) is 25.3. The minimum atomic E-state index is 0.176. The van der Waals surface area contributed by atoms with E-state index >= 15 is 0 Å². The third-order valence-corrected chi connectivity index (χ3v) is 6.11. The predicted molar refractivity (Wildman–Crippen MR) is 125 cm³/mol. The Morgan fingerprint density at radius 1 is 1.09 bits per heavy atom. The van der Waals surface area contributed by atoms with Crippen LogP contribution in [0.5, 0.6) is 11.5 Å². The quantitative estimate of drug-likeness (QED) is 0.495. The van der Waals surface area contributed by atoms with Crippen molar-refractivity contribution in [3.8, 4) is 33.9 Å². The van der Waals surface area contributed by atoms with Crippen LogP contribution in [-0.2, 0) is 7.05 Å². The predicted octanol–water partition coefficient (Wildman–Crippen LogP) is 4.22. The Morgan fingerprint density at radius 3 is 2.66 bits per heavy atom. The number of likely N-dealkylation sites (tertiary alicyclic amines) is 1. The fraction of sp³-hybridized carbons (Fsp3) is 0.320. The monoisotopic (exact) mass is 429 g/mol. The van der Waals surface area contributed by atoms with E-state index in [-0.39, 0.29) is 5.75 Å². The number of aryl methyl sites for hydroxylation is 1. The molecular weight excluding hydrogens is 402 g/mol. The van der Waals surface area contributed by atoms with E-state index in [4.69, 9.17) is 4.74 Å². The van der Waals surface area contributed by atoms with E-state index in [1.807, 2.05) is 50.5 Å². The van der Waals surface area contributed by atoms with Crippen molar-refractivity contribution in [2.45, 2.75) is 19.8 Å². The zero-order valence-electron chi connectivity index (χ0n) is 18.6. The second kappa shape index (κ2) is 8.24. The van der Waals surface area contributed by atoms with E-state index in [0.29, 0.717) is 23.8 Å². The molecule has 1 fully saturated rings. The Morgan fingerprint density at radius 2 is 1.94 bits per heavy atom. The number of benzene rings is 2. The van der Waals surface area contributed by atoms with Crippen molar-refractivity contribution in [2.24, 2.45) is 7.05 Å². The molecule has 7 heteroatoms. The summed E-state index contributed by atoms with van der Waals surface area (Å²) in [6.07, 6.45) is 1.97. The zero-order chi connectivity index (χ0) is 22.2. The van der Waals surface area contributed by atoms with Gasteiger partial charge in [-0.25, -0.2) is 0 Å². The molecule has 1 aliphatic rings. The molecule has 1 saturated heterocycles. The lowest BCUT2D eigenvalue weighted by Gasteiger charge is -2.37. The molecule has 4 aromatic rings. The molecule has 2 aromatic carbocycles. The van der Waals surface area contributed by atoms with Gasteiger partial charge in [0.05, 0.1) is 23.6 Å². The van der Waals surface area contributed by atoms with Crippen LogP contribution in [0.3, 0.4) is 0 Å². The maximum Gasteiger partial charge on any atom is 0.147 e. The minimum Gasteiger partial charge on any atom is -0.507 e. The third-order valence-electron chi connectivity index (χ3n) is 6.11. The molecular formula is C25H27N5O2. The molecule has 0 bridgehead atoms. The summed E-state index contributed by atoms with van der Waals surface area (Å²) in [7, 11) is 1.90. The maximum atomic E-state index is 10.8. The SMILES string of the molecule is CCOc1cc(-c2cccc(O)c2-c2ccc(C3CN(CC)C3)nn2)cc2cn(C)nc12. The summed E-state index contributed by atoms with van der Waals surface area (Å²) in [5.74, 6) is 1.33. The molecule has 0 atom stereocenters. The molecule has 3 heterocycles. The van der Waals surface area contributed by atoms with Gasteiger partial charge in [-0.1, -0.05) is 19.1 Å². The van der Waals surface area contributed by atoms with Gasteiger partial charge in [0.25, 0.3) is 0 Å². The van der Waals surface area contributed by atoms with Crippen LogP contribution in [-0.4, -0.2) is 56.2 Å². The first-order chi connectivity index (χ1) is 15.6. The lowest BCUT2D eigenvalue weighted by atomic mass is 9.94. The van der Waals surface area contributed by atoms with Crippen LogP contribution in [0, 0.1) is 0 Å². The Bertz CT molecular complexity index is 1260. The van der Waals surface area contributed by atoms with Gasteiger partial charge in [-0.3, -0.25) is 4.68 Å². The van der Waals surface area contributed by atoms with Crippen LogP contribution in [0.25, 0.3) is 33.3 Å². The first kappa shape index (κ1) is 20.5. The number of nitrogens with zero attached hydrogens (tertiary/aromatic N) is 5. The molecule has 0 amide bonds. The van der Waals surface area contributed by atoms with E-state index in [0.717, 1.165) is 53.1 Å². The summed E-state index contributed by atoms with van der Waals surface area (Å²) >= 11 is 0. The number of fused-ring (bicyclic) bond motifs is 1. The number of aromatic nitrogens is 4. The molecule has 164 valence electrons. The molecule has 0 aliphatic carbocycles. The lowest BCUT2D eigenvalue weighted by Crippen LogP contribution is -2.44. The van der Waals surface area contributed by atoms with Crippen LogP contribution in [0.2, 0.25) is 0 Å². The van der Waals surface area contributed by atoms with Gasteiger partial charge in [0, 0.05) is 37.6 Å². The van der Waals surface area contributed by atoms with E-state index in [9.17, 15) is 5.11 Å². The zero-order valence-corrected chi connectivity index (χ0v) is 18.6. The van der Waals surface area contributed by atoms with Crippen molar-refractivity contribution in [1.82, 2.24) is 24.9 Å². The first-order valence-corrected chi connectivity index (χ1v) is 11.1. The number of hydrogen-bond acceptors (Lipinski definition) is 6. The van der Waals surface area contributed by atoms with Crippen LogP contribution in [0.1, 0.15) is 25.5 Å². The topological polar surface area (TPSA) is 76.3 Å². The first-order valence-electron chi connectivity index (χ1n) is 11.1. The molecule has 5 rings (SSSR count). The van der Waals surface area contributed by atoms with Crippen LogP contribution in [0.4, 0.5) is 0 Å². The molecule has 0 spiro atoms. The smallest absolute Gasteiger partial charge is 0.147 e. The maximum absolute atomic E-state index is 10.8. The highest BCUT2D eigenvalue weighted by Crippen LogP contribution is 2.40. The average Bonchev–Trinajstić information content (AvgIpc) is 3.14. The Labute approximate surface area is 187 Å². The van der Waals surface area contributed by atoms with E-state index in [1.165, 1.54) is 0 Å². The van der Waals surface area contributed by atoms with Crippen molar-refractivity contribution in [1.29, 1.82) is 0 Å². The molecule has 0 saturated carbocycles. The van der Waals surface area contributed by atoms with E-state index in [2.05, 4.69) is 33.2 Å². The highest BCUT2D eigenvalue weighted by Gasteiger charge is 2.28. The molecule has 0 unspecified atom stereocenters. The number of hydrogen-bond donors (Lipinski definition) is 1. The third kappa shape index (κ3) is 3.58. The van der Waals surface area contributed by atoms with Gasteiger partial charge in [-0.2, -0.15) is 15.3 Å². The highest BCUT2D eigenvalue weighted by atomic mass is 16.5. The number of aromatic hydroxyl groups is 1. The second-order valence-electron chi connectivity index (χ2n) is 8.24. The second-order valence-corrected chi connectivity index (χ2v) is 8.24. The lowest BCUT2D eigenvalue weighted by molar-refractivity contribution is 0.154. The van der Waals surface area contributed by atoms with Crippen molar-refractivity contribution in [3.63, 3.8) is 0 Å². The van der Waals surface area contributed by atoms with Crippen molar-refractivity contribution in [3.05, 3.63) is 54.4 Å². The fourth-order valence-electron chi connectivity index (χ4n) is 4.40. The van der Waals surface area contributed by atoms with Gasteiger partial charge >= 0.3 is 0 Å². The molecule has 2 aromatic heterocycles. The summed E-state index contributed by atoms with van der Waals surface area (Å²) < 4.78 is 7.66. The molecule has 0 radical (unpaired) electrons. The van der Waals surface area contributed by atoms with Gasteiger partial charge in [0.1, 0.15) is 17.0 Å². The average molecular weight is 430 g/mol. The van der Waals surface area contributed by atoms with Gasteiger partial charge in [-0.05, 0) is 54.9 Å². The van der Waals surface area contributed by atoms with Crippen LogP contribution >= 0.6 is 0 Å². The van der Waals surface area contributed by atoms with E-state index in [1.54, 1.807) is 10.7 Å². The summed E-state index contributed by atoms with van der Waals surface area (Å²) in [5.41, 5.74) is 4.96. The Hall–Kier alpha value is -3.45. The number of phenolic OH excluding ortho intramolecular Hbond substituents is 1. The standard InChI is InChI=1S/C25H27N5O2/c1-4-30-14-18(15-30)20-9-10-21(27-26-20)24-19(7-6-8-22(24)31)16-11-17-13-29(3)28-25(17)23(12-16)32-5-2/h6-13,18,31H,4-5,14-15H2,1-3H3. The summed E-state index contributed by atoms with van der Waals surface area (Å²) in [4.78, 5) is 2.38. The number of likely N-dealkylation sites (N-methyl/N-ethyl adjacent to an activating group) is 1.